The molecule has 0 saturated carbocycles. The van der Waals surface area contributed by atoms with Crippen molar-refractivity contribution in [1.82, 2.24) is 14.7 Å². The van der Waals surface area contributed by atoms with E-state index in [1.165, 1.54) is 5.39 Å². The fourth-order valence-corrected chi connectivity index (χ4v) is 2.90. The van der Waals surface area contributed by atoms with Crippen LogP contribution in [-0.4, -0.2) is 46.1 Å². The normalized spacial score (nSPS) is 14.0. The molecule has 0 spiro atoms. The molecular weight excluding hydrogens is 314 g/mol. The standard InChI is InChI=1S/C20H25N3O2/c1-15(18-11-21-23(3)12-18)22(2)13-19(24)14-25-20-9-8-16-6-4-5-7-17(16)10-20/h4-12,15,19,24H,13-14H2,1-3H3. The van der Waals surface area contributed by atoms with E-state index in [1.54, 1.807) is 4.68 Å². The maximum absolute atomic E-state index is 10.3. The third kappa shape index (κ3) is 4.38. The minimum Gasteiger partial charge on any atom is -0.491 e. The first kappa shape index (κ1) is 17.5. The first-order valence-corrected chi connectivity index (χ1v) is 8.51. The Hall–Kier alpha value is -2.37. The molecular formula is C20H25N3O2. The van der Waals surface area contributed by atoms with Gasteiger partial charge in [0.1, 0.15) is 18.5 Å². The van der Waals surface area contributed by atoms with Gasteiger partial charge in [0.25, 0.3) is 0 Å². The van der Waals surface area contributed by atoms with Crippen LogP contribution in [0.25, 0.3) is 10.8 Å². The minimum absolute atomic E-state index is 0.184. The number of likely N-dealkylation sites (N-methyl/N-ethyl adjacent to an activating group) is 1. The highest BCUT2D eigenvalue weighted by atomic mass is 16.5. The fraction of sp³-hybridized carbons (Fsp3) is 0.350. The Bertz CT molecular complexity index is 830. The number of aliphatic hydroxyl groups excluding tert-OH is 1. The van der Waals surface area contributed by atoms with Gasteiger partial charge in [-0.05, 0) is 36.9 Å². The topological polar surface area (TPSA) is 50.5 Å². The number of nitrogens with zero attached hydrogens (tertiary/aromatic N) is 3. The second kappa shape index (κ2) is 7.68. The summed E-state index contributed by atoms with van der Waals surface area (Å²) in [6, 6.07) is 14.3. The molecule has 132 valence electrons. The number of rotatable bonds is 7. The number of aryl methyl sites for hydroxylation is 1. The van der Waals surface area contributed by atoms with Gasteiger partial charge >= 0.3 is 0 Å². The second-order valence-corrected chi connectivity index (χ2v) is 6.54. The molecule has 2 unspecified atom stereocenters. The number of benzene rings is 2. The summed E-state index contributed by atoms with van der Waals surface area (Å²) in [5, 5.41) is 16.8. The molecule has 0 amide bonds. The first-order chi connectivity index (χ1) is 12.0. The molecule has 25 heavy (non-hydrogen) atoms. The zero-order valence-corrected chi connectivity index (χ0v) is 15.0. The molecule has 5 heteroatoms. The maximum Gasteiger partial charge on any atom is 0.120 e. The van der Waals surface area contributed by atoms with Crippen molar-refractivity contribution < 1.29 is 9.84 Å². The van der Waals surface area contributed by atoms with Crippen molar-refractivity contribution in [2.75, 3.05) is 20.2 Å². The van der Waals surface area contributed by atoms with Gasteiger partial charge in [-0.3, -0.25) is 9.58 Å². The van der Waals surface area contributed by atoms with Gasteiger partial charge in [0, 0.05) is 31.4 Å². The van der Waals surface area contributed by atoms with Gasteiger partial charge in [0.05, 0.1) is 6.20 Å². The SMILES string of the molecule is CC(c1cnn(C)c1)N(C)CC(O)COc1ccc2ccccc2c1. The Kier molecular flexibility index (Phi) is 5.36. The highest BCUT2D eigenvalue weighted by Crippen LogP contribution is 2.21. The Morgan fingerprint density at radius 2 is 1.96 bits per heavy atom. The van der Waals surface area contributed by atoms with E-state index in [-0.39, 0.29) is 12.6 Å². The van der Waals surface area contributed by atoms with E-state index in [9.17, 15) is 5.11 Å². The number of hydrogen-bond donors (Lipinski definition) is 1. The van der Waals surface area contributed by atoms with Crippen molar-refractivity contribution in [3.63, 3.8) is 0 Å². The maximum atomic E-state index is 10.3. The highest BCUT2D eigenvalue weighted by molar-refractivity contribution is 5.83. The van der Waals surface area contributed by atoms with Crippen LogP contribution in [0.3, 0.4) is 0 Å². The second-order valence-electron chi connectivity index (χ2n) is 6.54. The van der Waals surface area contributed by atoms with Crippen molar-refractivity contribution in [2.45, 2.75) is 19.1 Å². The lowest BCUT2D eigenvalue weighted by atomic mass is 10.1. The Morgan fingerprint density at radius 1 is 1.20 bits per heavy atom. The van der Waals surface area contributed by atoms with E-state index in [0.717, 1.165) is 16.7 Å². The summed E-state index contributed by atoms with van der Waals surface area (Å²) in [4.78, 5) is 2.10. The van der Waals surface area contributed by atoms with Gasteiger partial charge in [-0.2, -0.15) is 5.10 Å². The molecule has 0 fully saturated rings. The number of fused-ring (bicyclic) bond motifs is 1. The predicted molar refractivity (Wildman–Crippen MR) is 99.7 cm³/mol. The van der Waals surface area contributed by atoms with Gasteiger partial charge in [0.15, 0.2) is 0 Å². The van der Waals surface area contributed by atoms with E-state index in [1.807, 2.05) is 56.8 Å². The van der Waals surface area contributed by atoms with E-state index >= 15 is 0 Å². The van der Waals surface area contributed by atoms with Crippen molar-refractivity contribution >= 4 is 10.8 Å². The number of ether oxygens (including phenoxy) is 1. The molecule has 2 aromatic carbocycles. The highest BCUT2D eigenvalue weighted by Gasteiger charge is 2.17. The van der Waals surface area contributed by atoms with Crippen molar-refractivity contribution in [3.8, 4) is 5.75 Å². The minimum atomic E-state index is -0.560. The van der Waals surface area contributed by atoms with Crippen LogP contribution >= 0.6 is 0 Å². The van der Waals surface area contributed by atoms with E-state index in [2.05, 4.69) is 29.1 Å². The van der Waals surface area contributed by atoms with E-state index < -0.39 is 6.10 Å². The largest absolute Gasteiger partial charge is 0.491 e. The summed E-state index contributed by atoms with van der Waals surface area (Å²) in [6.45, 7) is 2.90. The summed E-state index contributed by atoms with van der Waals surface area (Å²) < 4.78 is 7.56. The van der Waals surface area contributed by atoms with E-state index in [0.29, 0.717) is 6.54 Å². The van der Waals surface area contributed by atoms with Crippen LogP contribution in [0.4, 0.5) is 0 Å². The third-order valence-electron chi connectivity index (χ3n) is 4.53. The van der Waals surface area contributed by atoms with Gasteiger partial charge in [-0.25, -0.2) is 0 Å². The summed E-state index contributed by atoms with van der Waals surface area (Å²) in [5.74, 6) is 0.778. The van der Waals surface area contributed by atoms with Gasteiger partial charge in [-0.15, -0.1) is 0 Å². The van der Waals surface area contributed by atoms with Crippen LogP contribution in [0.15, 0.2) is 54.9 Å². The molecule has 1 aromatic heterocycles. The summed E-state index contributed by atoms with van der Waals surface area (Å²) in [6.07, 6.45) is 3.30. The van der Waals surface area contributed by atoms with Crippen molar-refractivity contribution in [3.05, 3.63) is 60.4 Å². The van der Waals surface area contributed by atoms with Crippen LogP contribution in [0.5, 0.6) is 5.75 Å². The summed E-state index contributed by atoms with van der Waals surface area (Å²) >= 11 is 0. The summed E-state index contributed by atoms with van der Waals surface area (Å²) in [5.41, 5.74) is 1.13. The van der Waals surface area contributed by atoms with Crippen molar-refractivity contribution in [1.29, 1.82) is 0 Å². The lowest BCUT2D eigenvalue weighted by molar-refractivity contribution is 0.0654. The van der Waals surface area contributed by atoms with Crippen LogP contribution in [0.1, 0.15) is 18.5 Å². The quantitative estimate of drug-likeness (QED) is 0.719. The number of aliphatic hydroxyl groups is 1. The molecule has 0 aliphatic rings. The smallest absolute Gasteiger partial charge is 0.120 e. The predicted octanol–water partition coefficient (Wildman–Crippen LogP) is 3.01. The molecule has 0 radical (unpaired) electrons. The molecule has 3 rings (SSSR count). The lowest BCUT2D eigenvalue weighted by Crippen LogP contribution is -2.34. The van der Waals surface area contributed by atoms with Crippen LogP contribution in [0.2, 0.25) is 0 Å². The van der Waals surface area contributed by atoms with Gasteiger partial charge < -0.3 is 9.84 Å². The average Bonchev–Trinajstić information content (AvgIpc) is 3.05. The molecule has 2 atom stereocenters. The number of hydrogen-bond acceptors (Lipinski definition) is 4. The first-order valence-electron chi connectivity index (χ1n) is 8.51. The zero-order valence-electron chi connectivity index (χ0n) is 15.0. The van der Waals surface area contributed by atoms with Crippen LogP contribution < -0.4 is 4.74 Å². The van der Waals surface area contributed by atoms with Crippen molar-refractivity contribution in [2.24, 2.45) is 7.05 Å². The summed E-state index contributed by atoms with van der Waals surface area (Å²) in [7, 11) is 3.90. The zero-order chi connectivity index (χ0) is 17.8. The Balaban J connectivity index is 1.53. The average molecular weight is 339 g/mol. The lowest BCUT2D eigenvalue weighted by Gasteiger charge is -2.26. The van der Waals surface area contributed by atoms with Gasteiger partial charge in [-0.1, -0.05) is 30.3 Å². The molecule has 0 saturated heterocycles. The Labute approximate surface area is 148 Å². The van der Waals surface area contributed by atoms with Crippen LogP contribution in [-0.2, 0) is 7.05 Å². The molecule has 0 aliphatic carbocycles. The molecule has 5 nitrogen and oxygen atoms in total. The molecule has 0 bridgehead atoms. The van der Waals surface area contributed by atoms with E-state index in [4.69, 9.17) is 4.74 Å². The van der Waals surface area contributed by atoms with Crippen LogP contribution in [0, 0.1) is 0 Å². The third-order valence-corrected chi connectivity index (χ3v) is 4.53. The molecule has 1 heterocycles. The molecule has 3 aromatic rings. The monoisotopic (exact) mass is 339 g/mol. The number of aromatic nitrogens is 2. The fourth-order valence-electron chi connectivity index (χ4n) is 2.90. The van der Waals surface area contributed by atoms with Gasteiger partial charge in [0.2, 0.25) is 0 Å². The Morgan fingerprint density at radius 3 is 2.68 bits per heavy atom. The molecule has 1 N–H and O–H groups in total. The molecule has 0 aliphatic heterocycles.